The minimum absolute atomic E-state index is 0.0208. The highest BCUT2D eigenvalue weighted by Crippen LogP contribution is 2.37. The second-order valence-corrected chi connectivity index (χ2v) is 7.19. The van der Waals surface area contributed by atoms with Crippen molar-refractivity contribution in [2.45, 2.75) is 24.0 Å². The Balaban J connectivity index is 3.11. The highest BCUT2D eigenvalue weighted by molar-refractivity contribution is 7.91. The molecule has 19 heavy (non-hydrogen) atoms. The lowest BCUT2D eigenvalue weighted by Crippen LogP contribution is -2.27. The van der Waals surface area contributed by atoms with Crippen molar-refractivity contribution in [3.05, 3.63) is 16.2 Å². The Morgan fingerprint density at radius 1 is 1.58 bits per heavy atom. The predicted molar refractivity (Wildman–Crippen MR) is 73.5 cm³/mol. The summed E-state index contributed by atoms with van der Waals surface area (Å²) >= 11 is 0.749. The maximum Gasteiger partial charge on any atom is 0.306 e. The van der Waals surface area contributed by atoms with Gasteiger partial charge in [0, 0.05) is 19.7 Å². The number of nitrogens with zero attached hydrogens (tertiary/aromatic N) is 2. The number of nitrogen functional groups attached to an aromatic ring is 1. The van der Waals surface area contributed by atoms with E-state index in [9.17, 15) is 18.5 Å². The Hall–Kier alpha value is -1.23. The topological polar surface area (TPSA) is 119 Å². The summed E-state index contributed by atoms with van der Waals surface area (Å²) in [6, 6.07) is 1.03. The van der Waals surface area contributed by atoms with Crippen LogP contribution in [0.3, 0.4) is 0 Å². The highest BCUT2D eigenvalue weighted by atomic mass is 32.2. The van der Waals surface area contributed by atoms with Gasteiger partial charge in [0.25, 0.3) is 10.0 Å². The van der Waals surface area contributed by atoms with Gasteiger partial charge >= 0.3 is 5.69 Å². The second kappa shape index (κ2) is 6.28. The third-order valence-corrected chi connectivity index (χ3v) is 5.87. The molecule has 0 fully saturated rings. The van der Waals surface area contributed by atoms with Gasteiger partial charge < -0.3 is 5.43 Å². The molecule has 0 saturated carbocycles. The standard InChI is InChI=1S/C9H16N4O4S2/c1-3-4-5-12(2)19(16,17)8-6-7(13(14)15)9(11-10)18-8/h6,11H,3-5,10H2,1-2H3. The second-order valence-electron chi connectivity index (χ2n) is 3.86. The number of anilines is 1. The van der Waals surface area contributed by atoms with Crippen molar-refractivity contribution in [3.63, 3.8) is 0 Å². The van der Waals surface area contributed by atoms with Crippen molar-refractivity contribution < 1.29 is 13.3 Å². The maximum absolute atomic E-state index is 12.2. The quantitative estimate of drug-likeness (QED) is 0.446. The first-order valence-electron chi connectivity index (χ1n) is 5.55. The van der Waals surface area contributed by atoms with Gasteiger partial charge in [0.05, 0.1) is 4.92 Å². The van der Waals surface area contributed by atoms with Gasteiger partial charge in [0.15, 0.2) is 5.00 Å². The number of nitrogens with one attached hydrogen (secondary N) is 1. The monoisotopic (exact) mass is 308 g/mol. The summed E-state index contributed by atoms with van der Waals surface area (Å²) in [5.41, 5.74) is 1.81. The SMILES string of the molecule is CCCCN(C)S(=O)(=O)c1cc([N+](=O)[O-])c(NN)s1. The minimum Gasteiger partial charge on any atom is -0.310 e. The van der Waals surface area contributed by atoms with Gasteiger partial charge in [0.1, 0.15) is 4.21 Å². The van der Waals surface area contributed by atoms with Crippen molar-refractivity contribution in [1.29, 1.82) is 0 Å². The van der Waals surface area contributed by atoms with Gasteiger partial charge in [-0.15, -0.1) is 0 Å². The summed E-state index contributed by atoms with van der Waals surface area (Å²) in [4.78, 5) is 10.1. The van der Waals surface area contributed by atoms with Crippen LogP contribution in [0.1, 0.15) is 19.8 Å². The van der Waals surface area contributed by atoms with E-state index in [0.29, 0.717) is 6.54 Å². The molecule has 1 heterocycles. The largest absolute Gasteiger partial charge is 0.310 e. The fourth-order valence-corrected chi connectivity index (χ4v) is 4.04. The lowest BCUT2D eigenvalue weighted by molar-refractivity contribution is -0.383. The molecule has 1 aromatic rings. The van der Waals surface area contributed by atoms with Gasteiger partial charge in [-0.05, 0) is 6.42 Å². The Morgan fingerprint density at radius 3 is 2.63 bits per heavy atom. The van der Waals surface area contributed by atoms with Crippen LogP contribution in [0.5, 0.6) is 0 Å². The van der Waals surface area contributed by atoms with Crippen LogP contribution in [0.25, 0.3) is 0 Å². The number of nitro groups is 1. The smallest absolute Gasteiger partial charge is 0.306 e. The summed E-state index contributed by atoms with van der Waals surface area (Å²) < 4.78 is 25.5. The average molecular weight is 308 g/mol. The summed E-state index contributed by atoms with van der Waals surface area (Å²) in [7, 11) is -2.25. The van der Waals surface area contributed by atoms with Crippen LogP contribution in [-0.4, -0.2) is 31.2 Å². The van der Waals surface area contributed by atoms with Crippen molar-refractivity contribution >= 4 is 32.0 Å². The molecule has 0 aliphatic carbocycles. The fraction of sp³-hybridized carbons (Fsp3) is 0.556. The van der Waals surface area contributed by atoms with E-state index in [2.05, 4.69) is 5.43 Å². The molecule has 0 aliphatic rings. The van der Waals surface area contributed by atoms with Crippen molar-refractivity contribution in [3.8, 4) is 0 Å². The molecule has 10 heteroatoms. The molecule has 0 radical (unpaired) electrons. The third kappa shape index (κ3) is 3.41. The van der Waals surface area contributed by atoms with E-state index in [0.717, 1.165) is 30.2 Å². The molecule has 0 unspecified atom stereocenters. The summed E-state index contributed by atoms with van der Waals surface area (Å²) in [5.74, 6) is 5.15. The molecule has 0 aromatic carbocycles. The molecular weight excluding hydrogens is 292 g/mol. The first-order valence-corrected chi connectivity index (χ1v) is 7.81. The van der Waals surface area contributed by atoms with Crippen molar-refractivity contribution in [2.24, 2.45) is 5.84 Å². The molecule has 108 valence electrons. The van der Waals surface area contributed by atoms with E-state index >= 15 is 0 Å². The van der Waals surface area contributed by atoms with Gasteiger partial charge in [0.2, 0.25) is 0 Å². The van der Waals surface area contributed by atoms with E-state index in [-0.39, 0.29) is 14.9 Å². The Labute approximate surface area is 115 Å². The number of sulfonamides is 1. The summed E-state index contributed by atoms with van der Waals surface area (Å²) in [5, 5.41) is 10.8. The van der Waals surface area contributed by atoms with Crippen LogP contribution in [-0.2, 0) is 10.0 Å². The predicted octanol–water partition coefficient (Wildman–Crippen LogP) is 1.36. The molecule has 1 rings (SSSR count). The number of thiophene rings is 1. The lowest BCUT2D eigenvalue weighted by atomic mass is 10.3. The Kier molecular flexibility index (Phi) is 5.23. The zero-order valence-corrected chi connectivity index (χ0v) is 12.3. The Morgan fingerprint density at radius 2 is 2.21 bits per heavy atom. The van der Waals surface area contributed by atoms with Gasteiger partial charge in [-0.1, -0.05) is 24.7 Å². The summed E-state index contributed by atoms with van der Waals surface area (Å²) in [6.07, 6.45) is 1.59. The molecule has 1 aromatic heterocycles. The van der Waals surface area contributed by atoms with Crippen LogP contribution < -0.4 is 11.3 Å². The van der Waals surface area contributed by atoms with E-state index < -0.39 is 14.9 Å². The maximum atomic E-state index is 12.2. The number of nitrogens with two attached hydrogens (primary N) is 1. The van der Waals surface area contributed by atoms with Crippen LogP contribution >= 0.6 is 11.3 Å². The molecule has 0 saturated heterocycles. The molecule has 0 spiro atoms. The van der Waals surface area contributed by atoms with Gasteiger partial charge in [-0.25, -0.2) is 18.6 Å². The number of rotatable bonds is 7. The molecule has 8 nitrogen and oxygen atoms in total. The lowest BCUT2D eigenvalue weighted by Gasteiger charge is -2.14. The van der Waals surface area contributed by atoms with Crippen LogP contribution in [0.4, 0.5) is 10.7 Å². The Bertz CT molecular complexity index is 555. The molecule has 0 atom stereocenters. The fourth-order valence-electron chi connectivity index (χ4n) is 1.38. The van der Waals surface area contributed by atoms with Gasteiger partial charge in [-0.3, -0.25) is 10.1 Å². The first-order chi connectivity index (χ1) is 8.84. The highest BCUT2D eigenvalue weighted by Gasteiger charge is 2.28. The number of hydrogen-bond donors (Lipinski definition) is 2. The minimum atomic E-state index is -3.70. The molecule has 0 aliphatic heterocycles. The van der Waals surface area contributed by atoms with E-state index in [1.54, 1.807) is 0 Å². The normalized spacial score (nSPS) is 11.8. The van der Waals surface area contributed by atoms with Crippen LogP contribution in [0.2, 0.25) is 0 Å². The van der Waals surface area contributed by atoms with Crippen molar-refractivity contribution in [2.75, 3.05) is 19.0 Å². The van der Waals surface area contributed by atoms with Crippen LogP contribution in [0, 0.1) is 10.1 Å². The number of unbranched alkanes of at least 4 members (excludes halogenated alkanes) is 1. The summed E-state index contributed by atoms with van der Waals surface area (Å²) in [6.45, 7) is 2.32. The molecule has 3 N–H and O–H groups in total. The molecule has 0 amide bonds. The third-order valence-electron chi connectivity index (χ3n) is 2.51. The number of hydrazine groups is 1. The van der Waals surface area contributed by atoms with Crippen molar-refractivity contribution in [1.82, 2.24) is 4.31 Å². The van der Waals surface area contributed by atoms with Gasteiger partial charge in [-0.2, -0.15) is 0 Å². The number of hydrogen-bond acceptors (Lipinski definition) is 7. The zero-order valence-electron chi connectivity index (χ0n) is 10.6. The van der Waals surface area contributed by atoms with Crippen LogP contribution in [0.15, 0.2) is 10.3 Å². The molecule has 0 bridgehead atoms. The average Bonchev–Trinajstić information content (AvgIpc) is 2.80. The molecular formula is C9H16N4O4S2. The zero-order chi connectivity index (χ0) is 14.6. The first kappa shape index (κ1) is 15.8. The van der Waals surface area contributed by atoms with E-state index in [1.807, 2.05) is 6.92 Å². The van der Waals surface area contributed by atoms with E-state index in [4.69, 9.17) is 5.84 Å². The van der Waals surface area contributed by atoms with E-state index in [1.165, 1.54) is 11.4 Å².